The third-order valence-electron chi connectivity index (χ3n) is 3.62. The molecule has 5 nitrogen and oxygen atoms in total. The first kappa shape index (κ1) is 14.0. The van der Waals surface area contributed by atoms with Gasteiger partial charge in [0.05, 0.1) is 18.9 Å². The fourth-order valence-corrected chi connectivity index (χ4v) is 2.54. The number of nitrogens with zero attached hydrogens (tertiary/aromatic N) is 2. The number of halogens is 1. The molecule has 0 spiro atoms. The van der Waals surface area contributed by atoms with E-state index in [2.05, 4.69) is 31.1 Å². The van der Waals surface area contributed by atoms with Crippen LogP contribution in [-0.4, -0.2) is 47.6 Å². The maximum atomic E-state index is 12.2. The van der Waals surface area contributed by atoms with E-state index >= 15 is 0 Å². The number of ether oxygens (including phenoxy) is 1. The van der Waals surface area contributed by atoms with Crippen LogP contribution < -0.4 is 5.32 Å². The Bertz CT molecular complexity index is 476. The summed E-state index contributed by atoms with van der Waals surface area (Å²) < 4.78 is 6.43. The Balaban J connectivity index is 1.64. The molecule has 1 saturated heterocycles. The number of hydrogen-bond donors (Lipinski definition) is 1. The van der Waals surface area contributed by atoms with E-state index in [1.165, 1.54) is 0 Å². The Morgan fingerprint density at radius 1 is 1.50 bits per heavy atom. The normalized spacial score (nSPS) is 23.6. The quantitative estimate of drug-likeness (QED) is 0.898. The van der Waals surface area contributed by atoms with Gasteiger partial charge in [0.15, 0.2) is 0 Å². The van der Waals surface area contributed by atoms with Crippen LogP contribution in [0.3, 0.4) is 0 Å². The SMILES string of the molecule is O=C(NC1CC1)C1COCCN1Cc1ccc(Br)cn1. The summed E-state index contributed by atoms with van der Waals surface area (Å²) in [6.07, 6.45) is 4.00. The highest BCUT2D eigenvalue weighted by Crippen LogP contribution is 2.20. The molecule has 1 aromatic rings. The molecule has 0 bridgehead atoms. The van der Waals surface area contributed by atoms with Gasteiger partial charge in [-0.15, -0.1) is 0 Å². The summed E-state index contributed by atoms with van der Waals surface area (Å²) in [6.45, 7) is 2.58. The standard InChI is InChI=1S/C14H18BrN3O2/c15-10-1-2-12(16-7-10)8-18-5-6-20-9-13(18)14(19)17-11-3-4-11/h1-2,7,11,13H,3-6,8-9H2,(H,17,19). The van der Waals surface area contributed by atoms with Crippen molar-refractivity contribution in [2.24, 2.45) is 0 Å². The van der Waals surface area contributed by atoms with Gasteiger partial charge in [0.25, 0.3) is 0 Å². The van der Waals surface area contributed by atoms with Gasteiger partial charge in [-0.05, 0) is 40.9 Å². The fraction of sp³-hybridized carbons (Fsp3) is 0.571. The van der Waals surface area contributed by atoms with Crippen LogP contribution in [0, 0.1) is 0 Å². The Hall–Kier alpha value is -0.980. The molecule has 1 amide bonds. The van der Waals surface area contributed by atoms with E-state index < -0.39 is 0 Å². The molecule has 1 N–H and O–H groups in total. The van der Waals surface area contributed by atoms with Gasteiger partial charge in [0, 0.05) is 29.8 Å². The monoisotopic (exact) mass is 339 g/mol. The lowest BCUT2D eigenvalue weighted by Crippen LogP contribution is -2.53. The van der Waals surface area contributed by atoms with Crippen molar-refractivity contribution < 1.29 is 9.53 Å². The van der Waals surface area contributed by atoms with E-state index in [1.54, 1.807) is 6.20 Å². The predicted molar refractivity (Wildman–Crippen MR) is 78.1 cm³/mol. The zero-order valence-electron chi connectivity index (χ0n) is 11.2. The van der Waals surface area contributed by atoms with Crippen molar-refractivity contribution in [3.8, 4) is 0 Å². The van der Waals surface area contributed by atoms with Gasteiger partial charge in [-0.3, -0.25) is 14.7 Å². The number of hydrogen-bond acceptors (Lipinski definition) is 4. The van der Waals surface area contributed by atoms with Crippen LogP contribution in [-0.2, 0) is 16.1 Å². The zero-order valence-corrected chi connectivity index (χ0v) is 12.8. The molecular weight excluding hydrogens is 322 g/mol. The number of pyridine rings is 1. The fourth-order valence-electron chi connectivity index (χ4n) is 2.30. The minimum Gasteiger partial charge on any atom is -0.378 e. The highest BCUT2D eigenvalue weighted by Gasteiger charge is 2.33. The van der Waals surface area contributed by atoms with Crippen molar-refractivity contribution >= 4 is 21.8 Å². The second-order valence-corrected chi connectivity index (χ2v) is 6.23. The van der Waals surface area contributed by atoms with Crippen LogP contribution in [0.1, 0.15) is 18.5 Å². The van der Waals surface area contributed by atoms with E-state index in [-0.39, 0.29) is 11.9 Å². The van der Waals surface area contributed by atoms with Gasteiger partial charge in [-0.25, -0.2) is 0 Å². The Morgan fingerprint density at radius 2 is 2.35 bits per heavy atom. The van der Waals surface area contributed by atoms with Crippen molar-refractivity contribution in [1.29, 1.82) is 0 Å². The van der Waals surface area contributed by atoms with Crippen LogP contribution in [0.4, 0.5) is 0 Å². The van der Waals surface area contributed by atoms with E-state index in [0.717, 1.165) is 29.6 Å². The summed E-state index contributed by atoms with van der Waals surface area (Å²) in [6, 6.07) is 4.14. The summed E-state index contributed by atoms with van der Waals surface area (Å²) in [5.74, 6) is 0.0873. The Labute approximate surface area is 126 Å². The molecule has 3 rings (SSSR count). The lowest BCUT2D eigenvalue weighted by molar-refractivity contribution is -0.133. The van der Waals surface area contributed by atoms with Crippen LogP contribution >= 0.6 is 15.9 Å². The smallest absolute Gasteiger partial charge is 0.239 e. The summed E-state index contributed by atoms with van der Waals surface area (Å²) in [5, 5.41) is 3.06. The van der Waals surface area contributed by atoms with E-state index in [9.17, 15) is 4.79 Å². The molecule has 2 heterocycles. The van der Waals surface area contributed by atoms with Crippen molar-refractivity contribution in [2.75, 3.05) is 19.8 Å². The van der Waals surface area contributed by atoms with Gasteiger partial charge in [0.1, 0.15) is 6.04 Å². The molecule has 1 aliphatic carbocycles. The molecule has 1 saturated carbocycles. The van der Waals surface area contributed by atoms with Gasteiger partial charge >= 0.3 is 0 Å². The molecule has 20 heavy (non-hydrogen) atoms. The topological polar surface area (TPSA) is 54.5 Å². The molecule has 2 aliphatic rings. The minimum atomic E-state index is -0.199. The number of nitrogens with one attached hydrogen (secondary N) is 1. The van der Waals surface area contributed by atoms with Gasteiger partial charge in [0.2, 0.25) is 5.91 Å². The molecule has 1 aliphatic heterocycles. The first-order chi connectivity index (χ1) is 9.72. The van der Waals surface area contributed by atoms with Crippen molar-refractivity contribution in [1.82, 2.24) is 15.2 Å². The van der Waals surface area contributed by atoms with Gasteiger partial charge in [-0.2, -0.15) is 0 Å². The maximum Gasteiger partial charge on any atom is 0.239 e. The number of aromatic nitrogens is 1. The van der Waals surface area contributed by atoms with Crippen LogP contribution in [0.5, 0.6) is 0 Å². The van der Waals surface area contributed by atoms with Crippen LogP contribution in [0.15, 0.2) is 22.8 Å². The Kier molecular flexibility index (Phi) is 4.33. The number of amides is 1. The molecule has 1 unspecified atom stereocenters. The average Bonchev–Trinajstić information content (AvgIpc) is 3.26. The summed E-state index contributed by atoms with van der Waals surface area (Å²) in [4.78, 5) is 18.8. The van der Waals surface area contributed by atoms with Crippen molar-refractivity contribution in [3.05, 3.63) is 28.5 Å². The summed E-state index contributed by atoms with van der Waals surface area (Å²) in [7, 11) is 0. The first-order valence-electron chi connectivity index (χ1n) is 6.95. The molecule has 1 atom stereocenters. The minimum absolute atomic E-state index is 0.0873. The molecule has 108 valence electrons. The van der Waals surface area contributed by atoms with Crippen molar-refractivity contribution in [2.45, 2.75) is 31.5 Å². The molecule has 6 heteroatoms. The predicted octanol–water partition coefficient (Wildman–Crippen LogP) is 1.32. The molecule has 0 radical (unpaired) electrons. The molecular formula is C14H18BrN3O2. The number of carbonyl (C=O) groups excluding carboxylic acids is 1. The number of morpholine rings is 1. The molecule has 2 fully saturated rings. The number of carbonyl (C=O) groups is 1. The van der Waals surface area contributed by atoms with E-state index in [1.807, 2.05) is 12.1 Å². The van der Waals surface area contributed by atoms with E-state index in [0.29, 0.717) is 25.8 Å². The second kappa shape index (κ2) is 6.20. The van der Waals surface area contributed by atoms with Crippen LogP contribution in [0.25, 0.3) is 0 Å². The summed E-state index contributed by atoms with van der Waals surface area (Å²) >= 11 is 3.38. The summed E-state index contributed by atoms with van der Waals surface area (Å²) in [5.41, 5.74) is 0.972. The largest absolute Gasteiger partial charge is 0.378 e. The van der Waals surface area contributed by atoms with Gasteiger partial charge in [-0.1, -0.05) is 0 Å². The van der Waals surface area contributed by atoms with Crippen molar-refractivity contribution in [3.63, 3.8) is 0 Å². The first-order valence-corrected chi connectivity index (χ1v) is 7.74. The lowest BCUT2D eigenvalue weighted by Gasteiger charge is -2.34. The average molecular weight is 340 g/mol. The van der Waals surface area contributed by atoms with Crippen LogP contribution in [0.2, 0.25) is 0 Å². The second-order valence-electron chi connectivity index (χ2n) is 5.31. The third kappa shape index (κ3) is 3.56. The zero-order chi connectivity index (χ0) is 13.9. The molecule has 1 aromatic heterocycles. The highest BCUT2D eigenvalue weighted by molar-refractivity contribution is 9.10. The Morgan fingerprint density at radius 3 is 3.05 bits per heavy atom. The van der Waals surface area contributed by atoms with E-state index in [4.69, 9.17) is 4.74 Å². The third-order valence-corrected chi connectivity index (χ3v) is 4.09. The van der Waals surface area contributed by atoms with Gasteiger partial charge < -0.3 is 10.1 Å². The lowest BCUT2D eigenvalue weighted by atomic mass is 10.2. The highest BCUT2D eigenvalue weighted by atomic mass is 79.9. The molecule has 0 aromatic carbocycles. The maximum absolute atomic E-state index is 12.2. The number of rotatable bonds is 4.